The van der Waals surface area contributed by atoms with Crippen molar-refractivity contribution in [2.75, 3.05) is 20.3 Å². The third-order valence-corrected chi connectivity index (χ3v) is 12.3. The van der Waals surface area contributed by atoms with Gasteiger partial charge in [0, 0.05) is 55.2 Å². The molecule has 6 atom stereocenters. The van der Waals surface area contributed by atoms with Crippen LogP contribution < -0.4 is 5.32 Å². The van der Waals surface area contributed by atoms with Crippen molar-refractivity contribution in [1.82, 2.24) is 10.2 Å². The summed E-state index contributed by atoms with van der Waals surface area (Å²) in [5.41, 5.74) is 0.404. The number of benzene rings is 2. The van der Waals surface area contributed by atoms with Gasteiger partial charge in [0.05, 0.1) is 18.2 Å². The number of carbonyl (C=O) groups is 6. The molecule has 0 aromatic heterocycles. The van der Waals surface area contributed by atoms with Crippen molar-refractivity contribution in [3.8, 4) is 0 Å². The first-order valence-corrected chi connectivity index (χ1v) is 22.2. The lowest BCUT2D eigenvalue weighted by molar-refractivity contribution is -0.209. The number of aliphatic hydroxyl groups is 1. The molecule has 2 aliphatic heterocycles. The highest BCUT2D eigenvalue weighted by Gasteiger charge is 2.64. The van der Waals surface area contributed by atoms with Gasteiger partial charge < -0.3 is 43.7 Å². The molecular weight excluding hydrogens is 825 g/mol. The van der Waals surface area contributed by atoms with Crippen LogP contribution in [0.5, 0.6) is 0 Å². The minimum atomic E-state index is -1.04. The lowest BCUT2D eigenvalue weighted by Gasteiger charge is -2.34. The number of likely N-dealkylation sites (N-methyl/N-ethyl adjacent to an activating group) is 1. The van der Waals surface area contributed by atoms with Gasteiger partial charge in [-0.05, 0) is 88.3 Å². The highest BCUT2D eigenvalue weighted by Crippen LogP contribution is 2.59. The molecule has 5 aliphatic rings. The van der Waals surface area contributed by atoms with Crippen LogP contribution in [0, 0.1) is 17.3 Å². The van der Waals surface area contributed by atoms with Crippen molar-refractivity contribution in [1.29, 1.82) is 0 Å². The quantitative estimate of drug-likeness (QED) is 0.122. The number of hydrogen-bond acceptors (Lipinski definition) is 13. The van der Waals surface area contributed by atoms with E-state index in [4.69, 9.17) is 28.4 Å². The fourth-order valence-electron chi connectivity index (χ4n) is 8.59. The third-order valence-electron chi connectivity index (χ3n) is 12.3. The second-order valence-corrected chi connectivity index (χ2v) is 19.3. The lowest BCUT2D eigenvalue weighted by Crippen LogP contribution is -2.53. The van der Waals surface area contributed by atoms with Crippen LogP contribution in [0.2, 0.25) is 0 Å². The standard InChI is InChI=1S/C49H60N2O13/c1-47(2,3)63-40(54)22-20-35(27-52)50-43(55)36(24-29-11-8-7-9-12-29)51(6)44(56)32-25-37(41-38(26-32)62-49(64-41,33-16-17-33)34-18-19-34)60-45(57)31-14-10-13-30(23-31)15-21-39(53)61-42-46(58)59-28-48(42,4)5/h7-15,21,23,26,33-38,41-42,52H,16-20,22,24-25,27-28H2,1-6H3,(H,50,55)/t35-,36+,37+,38+,41-,42-/m0/s1. The van der Waals surface area contributed by atoms with E-state index in [1.165, 1.54) is 24.1 Å². The molecule has 0 radical (unpaired) electrons. The summed E-state index contributed by atoms with van der Waals surface area (Å²) in [7, 11) is 1.54. The zero-order valence-electron chi connectivity index (χ0n) is 37.4. The van der Waals surface area contributed by atoms with Crippen LogP contribution in [0.15, 0.2) is 72.3 Å². The molecule has 2 aromatic rings. The number of esters is 4. The van der Waals surface area contributed by atoms with E-state index in [0.29, 0.717) is 5.56 Å². The van der Waals surface area contributed by atoms with Crippen molar-refractivity contribution in [2.45, 2.75) is 134 Å². The second-order valence-electron chi connectivity index (χ2n) is 19.3. The van der Waals surface area contributed by atoms with Gasteiger partial charge in [-0.2, -0.15) is 0 Å². The van der Waals surface area contributed by atoms with Crippen molar-refractivity contribution in [3.63, 3.8) is 0 Å². The normalized spacial score (nSPS) is 24.4. The summed E-state index contributed by atoms with van der Waals surface area (Å²) in [4.78, 5) is 81.4. The van der Waals surface area contributed by atoms with Crippen LogP contribution in [-0.2, 0) is 58.8 Å². The van der Waals surface area contributed by atoms with Crippen LogP contribution >= 0.6 is 0 Å². The van der Waals surface area contributed by atoms with Crippen molar-refractivity contribution >= 4 is 41.8 Å². The zero-order valence-corrected chi connectivity index (χ0v) is 37.4. The lowest BCUT2D eigenvalue weighted by atomic mass is 9.90. The maximum absolute atomic E-state index is 14.7. The molecule has 15 nitrogen and oxygen atoms in total. The molecule has 344 valence electrons. The number of nitrogens with one attached hydrogen (secondary N) is 1. The van der Waals surface area contributed by atoms with Crippen LogP contribution in [0.4, 0.5) is 0 Å². The number of hydrogen-bond donors (Lipinski definition) is 2. The molecule has 2 saturated heterocycles. The van der Waals surface area contributed by atoms with Gasteiger partial charge >= 0.3 is 23.9 Å². The summed E-state index contributed by atoms with van der Waals surface area (Å²) in [5, 5.41) is 13.1. The molecule has 64 heavy (non-hydrogen) atoms. The zero-order chi connectivity index (χ0) is 46.0. The highest BCUT2D eigenvalue weighted by molar-refractivity contribution is 5.98. The van der Waals surface area contributed by atoms with Gasteiger partial charge in [-0.1, -0.05) is 56.3 Å². The predicted molar refractivity (Wildman–Crippen MR) is 231 cm³/mol. The number of ether oxygens (including phenoxy) is 6. The topological polar surface area (TPSA) is 193 Å². The number of nitrogens with zero attached hydrogens (tertiary/aromatic N) is 1. The maximum atomic E-state index is 14.7. The summed E-state index contributed by atoms with van der Waals surface area (Å²) in [6.07, 6.45) is 4.99. The van der Waals surface area contributed by atoms with Crippen LogP contribution in [0.25, 0.3) is 6.08 Å². The molecule has 2 aromatic carbocycles. The number of amides is 2. The molecule has 7 rings (SSSR count). The van der Waals surface area contributed by atoms with Crippen molar-refractivity contribution < 1.29 is 62.3 Å². The summed E-state index contributed by atoms with van der Waals surface area (Å²) in [6.45, 7) is 8.52. The summed E-state index contributed by atoms with van der Waals surface area (Å²) in [6, 6.07) is 13.9. The van der Waals surface area contributed by atoms with E-state index in [2.05, 4.69) is 5.32 Å². The summed E-state index contributed by atoms with van der Waals surface area (Å²) in [5.74, 6) is -3.95. The largest absolute Gasteiger partial charge is 0.462 e. The van der Waals surface area contributed by atoms with E-state index in [0.717, 1.165) is 31.2 Å². The van der Waals surface area contributed by atoms with Gasteiger partial charge in [0.1, 0.15) is 36.6 Å². The van der Waals surface area contributed by atoms with E-state index < -0.39 is 95.6 Å². The average Bonchev–Trinajstić information content (AvgIpc) is 4.21. The van der Waals surface area contributed by atoms with E-state index in [-0.39, 0.29) is 55.3 Å². The van der Waals surface area contributed by atoms with E-state index >= 15 is 0 Å². The van der Waals surface area contributed by atoms with Crippen LogP contribution in [0.3, 0.4) is 0 Å². The van der Waals surface area contributed by atoms with Gasteiger partial charge in [-0.15, -0.1) is 0 Å². The number of carbonyl (C=O) groups excluding carboxylic acids is 6. The first kappa shape index (κ1) is 46.6. The van der Waals surface area contributed by atoms with E-state index in [9.17, 15) is 33.9 Å². The molecule has 2 N–H and O–H groups in total. The van der Waals surface area contributed by atoms with Gasteiger partial charge in [0.2, 0.25) is 17.9 Å². The molecular formula is C49H60N2O13. The molecule has 0 unspecified atom stereocenters. The Balaban J connectivity index is 1.09. The van der Waals surface area contributed by atoms with Crippen LogP contribution in [0.1, 0.15) is 101 Å². The maximum Gasteiger partial charge on any atom is 0.348 e. The average molecular weight is 885 g/mol. The van der Waals surface area contributed by atoms with E-state index in [1.807, 2.05) is 30.3 Å². The Hall–Kier alpha value is -5.38. The molecule has 2 amide bonds. The SMILES string of the molecule is CN(C(=O)C1=C[C@H]2OC(C3CC3)(C3CC3)O[C@H]2[C@H](OC(=O)c2cccc(C=CC(=O)O[C@H]3C(=O)OCC3(C)C)c2)C1)[C@H](Cc1ccccc1)C(=O)N[C@H](CO)CCC(=O)OC(C)(C)C. The Bertz CT molecular complexity index is 2140. The summed E-state index contributed by atoms with van der Waals surface area (Å²) >= 11 is 0. The Labute approximate surface area is 373 Å². The second kappa shape index (κ2) is 19.0. The van der Waals surface area contributed by atoms with Gasteiger partial charge in [0.15, 0.2) is 5.79 Å². The fraction of sp³-hybridized carbons (Fsp3) is 0.551. The number of aliphatic hydroxyl groups excluding tert-OH is 1. The third kappa shape index (κ3) is 11.1. The molecule has 4 fully saturated rings. The minimum Gasteiger partial charge on any atom is -0.462 e. The Morgan fingerprint density at radius 3 is 2.30 bits per heavy atom. The number of cyclic esters (lactones) is 1. The van der Waals surface area contributed by atoms with Crippen molar-refractivity contribution in [3.05, 3.63) is 89.0 Å². The van der Waals surface area contributed by atoms with Gasteiger partial charge in [0.25, 0.3) is 0 Å². The monoisotopic (exact) mass is 884 g/mol. The molecule has 3 aliphatic carbocycles. The first-order valence-electron chi connectivity index (χ1n) is 22.2. The highest BCUT2D eigenvalue weighted by atomic mass is 16.8. The Kier molecular flexibility index (Phi) is 13.8. The molecule has 0 bridgehead atoms. The first-order chi connectivity index (χ1) is 30.4. The Morgan fingerprint density at radius 1 is 0.969 bits per heavy atom. The Morgan fingerprint density at radius 2 is 1.67 bits per heavy atom. The minimum absolute atomic E-state index is 0.0228. The molecule has 2 saturated carbocycles. The molecule has 0 spiro atoms. The number of rotatable bonds is 17. The van der Waals surface area contributed by atoms with Crippen molar-refractivity contribution in [2.24, 2.45) is 17.3 Å². The van der Waals surface area contributed by atoms with E-state index in [1.54, 1.807) is 65.0 Å². The van der Waals surface area contributed by atoms with Gasteiger partial charge in [-0.25, -0.2) is 14.4 Å². The fourth-order valence-corrected chi connectivity index (χ4v) is 8.59. The smallest absolute Gasteiger partial charge is 0.348 e. The molecule has 15 heteroatoms. The number of fused-ring (bicyclic) bond motifs is 1. The van der Waals surface area contributed by atoms with Crippen LogP contribution in [-0.4, -0.2) is 114 Å². The summed E-state index contributed by atoms with van der Waals surface area (Å²) < 4.78 is 35.7. The predicted octanol–water partition coefficient (Wildman–Crippen LogP) is 5.02. The van der Waals surface area contributed by atoms with Gasteiger partial charge in [-0.3, -0.25) is 14.4 Å². The molecule has 2 heterocycles.